The number of piperazine rings is 2. The van der Waals surface area contributed by atoms with Gasteiger partial charge in [-0.25, -0.2) is 0 Å². The van der Waals surface area contributed by atoms with Gasteiger partial charge in [0.15, 0.2) is 0 Å². The number of methoxy groups -OCH3 is 3. The Morgan fingerprint density at radius 2 is 1.18 bits per heavy atom. The quantitative estimate of drug-likeness (QED) is 0.377. The molecule has 0 spiro atoms. The molecule has 0 radical (unpaired) electrons. The zero-order valence-corrected chi connectivity index (χ0v) is 17.0. The maximum atomic E-state index is 11.6. The van der Waals surface area contributed by atoms with Crippen LogP contribution < -0.4 is 5.32 Å². The number of fused-ring (bicyclic) bond motifs is 1. The van der Waals surface area contributed by atoms with Crippen molar-refractivity contribution in [2.75, 3.05) is 67.1 Å². The standard InChI is InChI=1S/C18H32N4O6/c1-26-14(23)4-8-20-12-13-22(10-6-16(25)28-3)18-17(20)19-7-11-21(18)9-5-15(24)27-2/h17-19H,4-13H2,1-3H3. The summed E-state index contributed by atoms with van der Waals surface area (Å²) in [5.74, 6) is -0.716. The SMILES string of the molecule is COC(=O)CCN1CCN(CCC(=O)OC)C2C1NCCN2CCC(=O)OC. The van der Waals surface area contributed by atoms with Crippen molar-refractivity contribution in [1.29, 1.82) is 0 Å². The third-order valence-electron chi connectivity index (χ3n) is 5.34. The van der Waals surface area contributed by atoms with E-state index < -0.39 is 0 Å². The highest BCUT2D eigenvalue weighted by Gasteiger charge is 2.42. The Kier molecular flexibility index (Phi) is 9.10. The van der Waals surface area contributed by atoms with E-state index in [1.807, 2.05) is 0 Å². The predicted octanol–water partition coefficient (Wildman–Crippen LogP) is -1.15. The Labute approximate surface area is 166 Å². The second-order valence-corrected chi connectivity index (χ2v) is 6.90. The number of hydrogen-bond acceptors (Lipinski definition) is 10. The molecule has 0 amide bonds. The van der Waals surface area contributed by atoms with Gasteiger partial charge in [-0.3, -0.25) is 34.4 Å². The first kappa shape index (κ1) is 22.5. The zero-order chi connectivity index (χ0) is 20.5. The first-order valence-corrected chi connectivity index (χ1v) is 9.66. The second-order valence-electron chi connectivity index (χ2n) is 6.90. The number of esters is 3. The van der Waals surface area contributed by atoms with E-state index in [-0.39, 0.29) is 30.2 Å². The fourth-order valence-corrected chi connectivity index (χ4v) is 3.82. The van der Waals surface area contributed by atoms with Crippen molar-refractivity contribution in [3.8, 4) is 0 Å². The van der Waals surface area contributed by atoms with E-state index in [4.69, 9.17) is 14.2 Å². The van der Waals surface area contributed by atoms with Gasteiger partial charge in [0, 0.05) is 45.8 Å². The van der Waals surface area contributed by atoms with Gasteiger partial charge in [-0.2, -0.15) is 0 Å². The van der Waals surface area contributed by atoms with Gasteiger partial charge in [-0.1, -0.05) is 0 Å². The molecule has 0 aromatic carbocycles. The van der Waals surface area contributed by atoms with Crippen LogP contribution in [0.1, 0.15) is 19.3 Å². The molecule has 160 valence electrons. The summed E-state index contributed by atoms with van der Waals surface area (Å²) in [5.41, 5.74) is 0. The molecule has 1 N–H and O–H groups in total. The molecular weight excluding hydrogens is 368 g/mol. The number of nitrogens with one attached hydrogen (secondary N) is 1. The minimum Gasteiger partial charge on any atom is -0.469 e. The zero-order valence-electron chi connectivity index (χ0n) is 17.0. The van der Waals surface area contributed by atoms with Crippen LogP contribution in [-0.2, 0) is 28.6 Å². The van der Waals surface area contributed by atoms with Gasteiger partial charge in [0.1, 0.15) is 0 Å². The molecule has 0 saturated carbocycles. The molecule has 0 bridgehead atoms. The van der Waals surface area contributed by atoms with E-state index >= 15 is 0 Å². The third-order valence-corrected chi connectivity index (χ3v) is 5.34. The highest BCUT2D eigenvalue weighted by atomic mass is 16.5. The molecule has 2 heterocycles. The Hall–Kier alpha value is -1.75. The minimum absolute atomic E-state index is 0.00227. The topological polar surface area (TPSA) is 101 Å². The lowest BCUT2D eigenvalue weighted by atomic mass is 10.1. The van der Waals surface area contributed by atoms with Gasteiger partial charge < -0.3 is 14.2 Å². The first-order chi connectivity index (χ1) is 13.5. The average Bonchev–Trinajstić information content (AvgIpc) is 2.73. The average molecular weight is 400 g/mol. The van der Waals surface area contributed by atoms with Gasteiger partial charge in [0.25, 0.3) is 0 Å². The molecule has 2 unspecified atom stereocenters. The minimum atomic E-state index is -0.241. The molecule has 2 atom stereocenters. The van der Waals surface area contributed by atoms with Crippen LogP contribution in [0.5, 0.6) is 0 Å². The lowest BCUT2D eigenvalue weighted by Gasteiger charge is -2.54. The van der Waals surface area contributed by atoms with Crippen molar-refractivity contribution in [1.82, 2.24) is 20.0 Å². The number of rotatable bonds is 9. The number of hydrogen-bond donors (Lipinski definition) is 1. The molecule has 2 fully saturated rings. The van der Waals surface area contributed by atoms with E-state index in [1.165, 1.54) is 21.3 Å². The molecule has 0 aromatic heterocycles. The molecule has 2 aliphatic rings. The summed E-state index contributed by atoms with van der Waals surface area (Å²) in [5, 5.41) is 3.53. The van der Waals surface area contributed by atoms with E-state index in [0.29, 0.717) is 38.9 Å². The second kappa shape index (κ2) is 11.3. The van der Waals surface area contributed by atoms with Crippen LogP contribution in [0, 0.1) is 0 Å². The highest BCUT2D eigenvalue weighted by Crippen LogP contribution is 2.23. The summed E-state index contributed by atoms with van der Waals surface area (Å²) in [4.78, 5) is 41.6. The molecule has 0 aromatic rings. The van der Waals surface area contributed by atoms with E-state index in [2.05, 4.69) is 20.0 Å². The van der Waals surface area contributed by atoms with Crippen LogP contribution in [0.25, 0.3) is 0 Å². The van der Waals surface area contributed by atoms with Crippen molar-refractivity contribution in [2.45, 2.75) is 31.6 Å². The van der Waals surface area contributed by atoms with Crippen LogP contribution in [0.4, 0.5) is 0 Å². The molecule has 10 heteroatoms. The Bertz CT molecular complexity index is 524. The van der Waals surface area contributed by atoms with Crippen molar-refractivity contribution in [2.24, 2.45) is 0 Å². The van der Waals surface area contributed by atoms with Gasteiger partial charge in [-0.15, -0.1) is 0 Å². The maximum absolute atomic E-state index is 11.6. The summed E-state index contributed by atoms with van der Waals surface area (Å²) in [6.45, 7) is 4.85. The summed E-state index contributed by atoms with van der Waals surface area (Å²) < 4.78 is 14.3. The molecule has 0 aliphatic carbocycles. The van der Waals surface area contributed by atoms with Crippen LogP contribution in [0.15, 0.2) is 0 Å². The van der Waals surface area contributed by atoms with Crippen molar-refractivity contribution in [3.63, 3.8) is 0 Å². The highest BCUT2D eigenvalue weighted by molar-refractivity contribution is 5.70. The lowest BCUT2D eigenvalue weighted by molar-refractivity contribution is -0.147. The predicted molar refractivity (Wildman–Crippen MR) is 100 cm³/mol. The number of ether oxygens (including phenoxy) is 3. The van der Waals surface area contributed by atoms with Crippen LogP contribution in [-0.4, -0.2) is 112 Å². The van der Waals surface area contributed by atoms with Crippen LogP contribution in [0.3, 0.4) is 0 Å². The van der Waals surface area contributed by atoms with Gasteiger partial charge in [0.2, 0.25) is 0 Å². The number of carbonyl (C=O) groups excluding carboxylic acids is 3. The Morgan fingerprint density at radius 1 is 0.750 bits per heavy atom. The van der Waals surface area contributed by atoms with E-state index in [1.54, 1.807) is 0 Å². The van der Waals surface area contributed by atoms with Gasteiger partial charge in [0.05, 0.1) is 52.9 Å². The lowest BCUT2D eigenvalue weighted by Crippen LogP contribution is -2.73. The largest absolute Gasteiger partial charge is 0.469 e. The summed E-state index contributed by atoms with van der Waals surface area (Å²) in [7, 11) is 4.17. The fourth-order valence-electron chi connectivity index (χ4n) is 3.82. The number of nitrogens with zero attached hydrogens (tertiary/aromatic N) is 3. The third kappa shape index (κ3) is 6.13. The van der Waals surface area contributed by atoms with E-state index in [9.17, 15) is 14.4 Å². The van der Waals surface area contributed by atoms with Crippen molar-refractivity contribution >= 4 is 17.9 Å². The van der Waals surface area contributed by atoms with Crippen molar-refractivity contribution in [3.05, 3.63) is 0 Å². The van der Waals surface area contributed by atoms with Gasteiger partial charge in [-0.05, 0) is 0 Å². The molecule has 10 nitrogen and oxygen atoms in total. The van der Waals surface area contributed by atoms with Crippen molar-refractivity contribution < 1.29 is 28.6 Å². The molecule has 2 rings (SSSR count). The smallest absolute Gasteiger partial charge is 0.306 e. The van der Waals surface area contributed by atoms with Gasteiger partial charge >= 0.3 is 17.9 Å². The molecule has 2 aliphatic heterocycles. The summed E-state index contributed by atoms with van der Waals surface area (Å²) in [6.07, 6.45) is 0.947. The summed E-state index contributed by atoms with van der Waals surface area (Å²) in [6, 6.07) is 0. The fraction of sp³-hybridized carbons (Fsp3) is 0.833. The van der Waals surface area contributed by atoms with E-state index in [0.717, 1.165) is 26.2 Å². The Morgan fingerprint density at radius 3 is 1.68 bits per heavy atom. The monoisotopic (exact) mass is 400 g/mol. The number of carbonyl (C=O) groups is 3. The normalized spacial score (nSPS) is 23.7. The maximum Gasteiger partial charge on any atom is 0.306 e. The first-order valence-electron chi connectivity index (χ1n) is 9.66. The Balaban J connectivity index is 2.09. The van der Waals surface area contributed by atoms with Crippen LogP contribution >= 0.6 is 0 Å². The molecule has 28 heavy (non-hydrogen) atoms. The molecular formula is C18H32N4O6. The summed E-state index contributed by atoms with van der Waals surface area (Å²) >= 11 is 0. The molecule has 2 saturated heterocycles. The van der Waals surface area contributed by atoms with Crippen LogP contribution in [0.2, 0.25) is 0 Å².